The van der Waals surface area contributed by atoms with E-state index in [1.807, 2.05) is 6.07 Å². The number of fused-ring (bicyclic) bond motifs is 1. The number of sulfone groups is 1. The molecule has 14 heteroatoms. The Kier molecular flexibility index (Phi) is 5.79. The Morgan fingerprint density at radius 1 is 1.14 bits per heavy atom. The summed E-state index contributed by atoms with van der Waals surface area (Å²) in [5.74, 6) is 0.542. The van der Waals surface area contributed by atoms with Gasteiger partial charge in [0, 0.05) is 28.6 Å². The third-order valence-electron chi connectivity index (χ3n) is 6.19. The van der Waals surface area contributed by atoms with Gasteiger partial charge >= 0.3 is 0 Å². The van der Waals surface area contributed by atoms with Gasteiger partial charge in [0.1, 0.15) is 16.4 Å². The molecule has 0 fully saturated rings. The maximum atomic E-state index is 13.4. The number of halogens is 2. The topological polar surface area (TPSA) is 128 Å². The van der Waals surface area contributed by atoms with Crippen molar-refractivity contribution in [1.82, 2.24) is 34.7 Å². The zero-order chi connectivity index (χ0) is 25.9. The van der Waals surface area contributed by atoms with Gasteiger partial charge in [-0.3, -0.25) is 4.79 Å². The third kappa shape index (κ3) is 4.29. The first-order valence-electron chi connectivity index (χ1n) is 11.0. The van der Waals surface area contributed by atoms with Gasteiger partial charge in [0.25, 0.3) is 5.56 Å². The van der Waals surface area contributed by atoms with E-state index in [-0.39, 0.29) is 21.0 Å². The molecule has 5 aromatic rings. The van der Waals surface area contributed by atoms with Crippen molar-refractivity contribution in [2.24, 2.45) is 0 Å². The summed E-state index contributed by atoms with van der Waals surface area (Å²) in [4.78, 5) is 21.8. The molecule has 0 saturated heterocycles. The van der Waals surface area contributed by atoms with Crippen LogP contribution in [0.4, 0.5) is 0 Å². The number of aromatic amines is 1. The quantitative estimate of drug-likeness (QED) is 0.333. The van der Waals surface area contributed by atoms with Crippen LogP contribution < -0.4 is 5.56 Å². The SMILES string of the molecule is CS(=O)(=O)c1ccc(-c2[nH]c([C@@H]3CCc4cc(-c5cc(Cl)ccc5-n5cnnn5)cc(=O)n43)nc2Cl)s1. The first-order valence-corrected chi connectivity index (χ1v) is 14.5. The van der Waals surface area contributed by atoms with Crippen LogP contribution in [0, 0.1) is 0 Å². The Morgan fingerprint density at radius 2 is 1.97 bits per heavy atom. The summed E-state index contributed by atoms with van der Waals surface area (Å²) < 4.78 is 27.2. The first-order chi connectivity index (χ1) is 17.7. The summed E-state index contributed by atoms with van der Waals surface area (Å²) in [6.07, 6.45) is 3.94. The second-order valence-electron chi connectivity index (χ2n) is 8.59. The summed E-state index contributed by atoms with van der Waals surface area (Å²) in [7, 11) is -3.33. The van der Waals surface area contributed by atoms with Gasteiger partial charge < -0.3 is 9.55 Å². The summed E-state index contributed by atoms with van der Waals surface area (Å²) >= 11 is 13.8. The van der Waals surface area contributed by atoms with Crippen molar-refractivity contribution in [2.75, 3.05) is 6.26 Å². The number of aromatic nitrogens is 7. The van der Waals surface area contributed by atoms with Crippen LogP contribution in [0.2, 0.25) is 10.2 Å². The molecular weight excluding hydrogens is 557 g/mol. The minimum atomic E-state index is -3.33. The largest absolute Gasteiger partial charge is 0.338 e. The zero-order valence-corrected chi connectivity index (χ0v) is 22.2. The highest BCUT2D eigenvalue weighted by Gasteiger charge is 2.29. The highest BCUT2D eigenvalue weighted by molar-refractivity contribution is 7.92. The molecule has 1 N–H and O–H groups in total. The molecule has 37 heavy (non-hydrogen) atoms. The molecule has 0 spiro atoms. The lowest BCUT2D eigenvalue weighted by atomic mass is 10.0. The predicted molar refractivity (Wildman–Crippen MR) is 140 cm³/mol. The molecule has 6 rings (SSSR count). The maximum Gasteiger partial charge on any atom is 0.252 e. The smallest absolute Gasteiger partial charge is 0.252 e. The van der Waals surface area contributed by atoms with E-state index >= 15 is 0 Å². The van der Waals surface area contributed by atoms with Crippen LogP contribution in [0.25, 0.3) is 27.4 Å². The van der Waals surface area contributed by atoms with Crippen LogP contribution in [0.3, 0.4) is 0 Å². The molecule has 0 amide bonds. The number of hydrogen-bond acceptors (Lipinski definition) is 8. The van der Waals surface area contributed by atoms with Crippen molar-refractivity contribution >= 4 is 44.4 Å². The van der Waals surface area contributed by atoms with Gasteiger partial charge in [0.2, 0.25) is 0 Å². The Labute approximate surface area is 224 Å². The highest BCUT2D eigenvalue weighted by atomic mass is 35.5. The Hall–Kier alpha value is -3.32. The lowest BCUT2D eigenvalue weighted by Gasteiger charge is -2.15. The molecule has 0 aliphatic carbocycles. The number of tetrazole rings is 1. The van der Waals surface area contributed by atoms with Crippen molar-refractivity contribution < 1.29 is 8.42 Å². The Balaban J connectivity index is 1.39. The van der Waals surface area contributed by atoms with Gasteiger partial charge in [0.15, 0.2) is 15.0 Å². The molecule has 188 valence electrons. The average Bonchev–Trinajstić information content (AvgIpc) is 3.63. The van der Waals surface area contributed by atoms with E-state index in [9.17, 15) is 13.2 Å². The minimum Gasteiger partial charge on any atom is -0.338 e. The molecule has 0 bridgehead atoms. The zero-order valence-electron chi connectivity index (χ0n) is 19.1. The molecule has 1 aliphatic heterocycles. The van der Waals surface area contributed by atoms with E-state index in [1.54, 1.807) is 41.0 Å². The molecule has 0 unspecified atom stereocenters. The Bertz CT molecular complexity index is 1830. The van der Waals surface area contributed by atoms with Gasteiger partial charge in [-0.15, -0.1) is 16.4 Å². The van der Waals surface area contributed by atoms with E-state index in [0.717, 1.165) is 28.8 Å². The van der Waals surface area contributed by atoms with Gasteiger partial charge in [0.05, 0.1) is 22.3 Å². The Morgan fingerprint density at radius 3 is 2.70 bits per heavy atom. The van der Waals surface area contributed by atoms with E-state index < -0.39 is 9.84 Å². The van der Waals surface area contributed by atoms with Gasteiger partial charge in [-0.05, 0) is 65.2 Å². The number of benzene rings is 1. The van der Waals surface area contributed by atoms with Crippen LogP contribution in [-0.4, -0.2) is 49.4 Å². The van der Waals surface area contributed by atoms with Crippen LogP contribution in [-0.2, 0) is 16.3 Å². The second kappa shape index (κ2) is 8.91. The van der Waals surface area contributed by atoms with Crippen LogP contribution in [0.5, 0.6) is 0 Å². The number of thiophene rings is 1. The van der Waals surface area contributed by atoms with Crippen molar-refractivity contribution in [3.05, 3.63) is 80.8 Å². The van der Waals surface area contributed by atoms with E-state index in [0.29, 0.717) is 45.5 Å². The normalized spacial score (nSPS) is 15.3. The number of pyridine rings is 1. The van der Waals surface area contributed by atoms with Crippen LogP contribution in [0.15, 0.2) is 57.8 Å². The average molecular weight is 574 g/mol. The standard InChI is InChI=1S/C23H17Cl2N7O3S2/c1-37(34,35)20-7-6-18(36-20)21-22(25)28-23(27-21)17-5-3-14-8-12(9-19(33)32(14)17)15-10-13(24)2-4-16(15)31-11-26-29-30-31/h2,4,6-11,17H,3,5H2,1H3,(H,27,28)/t17-/m0/s1. The summed E-state index contributed by atoms with van der Waals surface area (Å²) in [5, 5.41) is 12.1. The number of rotatable bonds is 5. The van der Waals surface area contributed by atoms with Crippen molar-refractivity contribution in [3.63, 3.8) is 0 Å². The fraction of sp³-hybridized carbons (Fsp3) is 0.174. The molecule has 10 nitrogen and oxygen atoms in total. The minimum absolute atomic E-state index is 0.192. The monoisotopic (exact) mass is 573 g/mol. The predicted octanol–water partition coefficient (Wildman–Crippen LogP) is 4.19. The van der Waals surface area contributed by atoms with E-state index in [2.05, 4.69) is 25.5 Å². The number of aryl methyl sites for hydroxylation is 1. The lowest BCUT2D eigenvalue weighted by molar-refractivity contribution is 0.572. The summed E-state index contributed by atoms with van der Waals surface area (Å²) in [6, 6.07) is 11.7. The van der Waals surface area contributed by atoms with Crippen LogP contribution >= 0.6 is 34.5 Å². The van der Waals surface area contributed by atoms with E-state index in [4.69, 9.17) is 23.2 Å². The molecular formula is C23H17Cl2N7O3S2. The summed E-state index contributed by atoms with van der Waals surface area (Å²) in [6.45, 7) is 0. The second-order valence-corrected chi connectivity index (χ2v) is 12.7. The number of H-pyrrole nitrogens is 1. The third-order valence-corrected chi connectivity index (χ3v) is 9.62. The maximum absolute atomic E-state index is 13.4. The number of nitrogens with zero attached hydrogens (tertiary/aromatic N) is 6. The van der Waals surface area contributed by atoms with E-state index in [1.165, 1.54) is 11.0 Å². The molecule has 0 saturated carbocycles. The highest BCUT2D eigenvalue weighted by Crippen LogP contribution is 2.38. The van der Waals surface area contributed by atoms with Crippen molar-refractivity contribution in [3.8, 4) is 27.4 Å². The molecule has 1 aromatic carbocycles. The summed E-state index contributed by atoms with van der Waals surface area (Å²) in [5.41, 5.74) is 3.31. The first kappa shape index (κ1) is 24.0. The van der Waals surface area contributed by atoms with Crippen molar-refractivity contribution in [2.45, 2.75) is 23.1 Å². The molecule has 1 aliphatic rings. The van der Waals surface area contributed by atoms with Crippen molar-refractivity contribution in [1.29, 1.82) is 0 Å². The number of imidazole rings is 1. The fourth-order valence-corrected chi connectivity index (χ4v) is 6.96. The molecule has 4 aromatic heterocycles. The van der Waals surface area contributed by atoms with Crippen LogP contribution in [0.1, 0.15) is 24.0 Å². The molecule has 0 radical (unpaired) electrons. The lowest BCUT2D eigenvalue weighted by Crippen LogP contribution is -2.23. The molecule has 1 atom stereocenters. The number of hydrogen-bond donors (Lipinski definition) is 1. The van der Waals surface area contributed by atoms with Gasteiger partial charge in [-0.25, -0.2) is 13.4 Å². The molecule has 5 heterocycles. The van der Waals surface area contributed by atoms with Gasteiger partial charge in [-0.2, -0.15) is 4.68 Å². The van der Waals surface area contributed by atoms with Gasteiger partial charge in [-0.1, -0.05) is 23.2 Å². The fourth-order valence-electron chi connectivity index (χ4n) is 4.56. The number of nitrogens with one attached hydrogen (secondary N) is 1.